The average Bonchev–Trinajstić information content (AvgIpc) is 2.45. The number of nitrogens with one attached hydrogen (secondary N) is 3. The van der Waals surface area contributed by atoms with E-state index in [0.717, 1.165) is 0 Å². The smallest absolute Gasteiger partial charge is 0.271 e. The fourth-order valence-corrected chi connectivity index (χ4v) is 1.32. The summed E-state index contributed by atoms with van der Waals surface area (Å²) >= 11 is 0. The molecule has 110 valence electrons. The molecule has 2 amide bonds. The van der Waals surface area contributed by atoms with Crippen LogP contribution in [0.25, 0.3) is 0 Å². The number of rotatable bonds is 7. The third kappa shape index (κ3) is 5.61. The third-order valence-corrected chi connectivity index (χ3v) is 2.39. The first-order chi connectivity index (χ1) is 9.52. The van der Waals surface area contributed by atoms with Gasteiger partial charge < -0.3 is 16.1 Å². The molecule has 0 saturated carbocycles. The molecule has 8 nitrogen and oxygen atoms in total. The Bertz CT molecular complexity index is 446. The lowest BCUT2D eigenvalue weighted by molar-refractivity contribution is -0.121. The molecule has 0 atom stereocenters. The molecule has 0 aliphatic rings. The highest BCUT2D eigenvalue weighted by Gasteiger charge is 2.08. The van der Waals surface area contributed by atoms with Gasteiger partial charge in [0, 0.05) is 19.5 Å². The lowest BCUT2D eigenvalue weighted by Crippen LogP contribution is -2.32. The standard InChI is InChI=1S/C12H20N6O2/c1-8(2)7-15-11(19)5-6-14-12(20)9-3-4-10(16-13)18-17-9/h3-4,8H,5-7,13H2,1-2H3,(H,14,20)(H,15,19)(H,16,18). The first kappa shape index (κ1) is 15.8. The van der Waals surface area contributed by atoms with Crippen molar-refractivity contribution in [3.05, 3.63) is 17.8 Å². The fraction of sp³-hybridized carbons (Fsp3) is 0.500. The Morgan fingerprint density at radius 1 is 1.25 bits per heavy atom. The number of aromatic nitrogens is 2. The van der Waals surface area contributed by atoms with Gasteiger partial charge >= 0.3 is 0 Å². The van der Waals surface area contributed by atoms with Crippen LogP contribution in [0.2, 0.25) is 0 Å². The van der Waals surface area contributed by atoms with Crippen LogP contribution < -0.4 is 21.9 Å². The summed E-state index contributed by atoms with van der Waals surface area (Å²) in [7, 11) is 0. The lowest BCUT2D eigenvalue weighted by atomic mass is 10.2. The highest BCUT2D eigenvalue weighted by Crippen LogP contribution is 1.99. The minimum absolute atomic E-state index is 0.0900. The van der Waals surface area contributed by atoms with Crippen molar-refractivity contribution in [3.8, 4) is 0 Å². The molecular formula is C12H20N6O2. The van der Waals surface area contributed by atoms with Crippen molar-refractivity contribution in [2.24, 2.45) is 11.8 Å². The summed E-state index contributed by atoms with van der Waals surface area (Å²) in [5.41, 5.74) is 2.49. The monoisotopic (exact) mass is 280 g/mol. The van der Waals surface area contributed by atoms with Gasteiger partial charge in [-0.1, -0.05) is 13.8 Å². The molecule has 8 heteroatoms. The van der Waals surface area contributed by atoms with Gasteiger partial charge in [0.2, 0.25) is 5.91 Å². The maximum atomic E-state index is 11.7. The van der Waals surface area contributed by atoms with Gasteiger partial charge in [-0.2, -0.15) is 0 Å². The number of nitrogen functional groups attached to an aromatic ring is 1. The molecule has 0 unspecified atom stereocenters. The van der Waals surface area contributed by atoms with Gasteiger partial charge in [0.15, 0.2) is 11.5 Å². The van der Waals surface area contributed by atoms with E-state index in [0.29, 0.717) is 18.3 Å². The number of nitrogens with zero attached hydrogens (tertiary/aromatic N) is 2. The molecule has 0 spiro atoms. The van der Waals surface area contributed by atoms with Crippen LogP contribution in [0.4, 0.5) is 5.82 Å². The van der Waals surface area contributed by atoms with Gasteiger partial charge in [-0.15, -0.1) is 10.2 Å². The molecule has 0 bridgehead atoms. The number of hydrazine groups is 1. The van der Waals surface area contributed by atoms with Crippen LogP contribution in [0.3, 0.4) is 0 Å². The highest BCUT2D eigenvalue weighted by atomic mass is 16.2. The normalized spacial score (nSPS) is 10.2. The van der Waals surface area contributed by atoms with Crippen molar-refractivity contribution in [2.75, 3.05) is 18.5 Å². The van der Waals surface area contributed by atoms with Crippen molar-refractivity contribution in [2.45, 2.75) is 20.3 Å². The Labute approximate surface area is 117 Å². The minimum Gasteiger partial charge on any atom is -0.356 e. The first-order valence-corrected chi connectivity index (χ1v) is 6.38. The van der Waals surface area contributed by atoms with Gasteiger partial charge in [0.05, 0.1) is 0 Å². The van der Waals surface area contributed by atoms with Crippen LogP contribution in [-0.2, 0) is 4.79 Å². The largest absolute Gasteiger partial charge is 0.356 e. The SMILES string of the molecule is CC(C)CNC(=O)CCNC(=O)c1ccc(NN)nn1. The van der Waals surface area contributed by atoms with E-state index >= 15 is 0 Å². The Hall–Kier alpha value is -2.22. The van der Waals surface area contributed by atoms with E-state index in [1.807, 2.05) is 13.8 Å². The Morgan fingerprint density at radius 3 is 2.55 bits per heavy atom. The molecule has 5 N–H and O–H groups in total. The molecule has 20 heavy (non-hydrogen) atoms. The lowest BCUT2D eigenvalue weighted by Gasteiger charge is -2.08. The zero-order valence-electron chi connectivity index (χ0n) is 11.6. The van der Waals surface area contributed by atoms with E-state index in [-0.39, 0.29) is 30.5 Å². The second kappa shape index (κ2) is 8.05. The van der Waals surface area contributed by atoms with Gasteiger partial charge in [0.25, 0.3) is 5.91 Å². The summed E-state index contributed by atoms with van der Waals surface area (Å²) in [6, 6.07) is 3.04. The van der Waals surface area contributed by atoms with E-state index in [9.17, 15) is 9.59 Å². The summed E-state index contributed by atoms with van der Waals surface area (Å²) in [5.74, 6) is 5.45. The molecule has 0 saturated heterocycles. The van der Waals surface area contributed by atoms with Crippen molar-refractivity contribution in [3.63, 3.8) is 0 Å². The number of nitrogens with two attached hydrogens (primary N) is 1. The topological polar surface area (TPSA) is 122 Å². The molecule has 1 aromatic rings. The number of anilines is 1. The second-order valence-electron chi connectivity index (χ2n) is 4.65. The molecule has 1 heterocycles. The van der Waals surface area contributed by atoms with Crippen molar-refractivity contribution >= 4 is 17.6 Å². The van der Waals surface area contributed by atoms with Crippen LogP contribution in [0.15, 0.2) is 12.1 Å². The first-order valence-electron chi connectivity index (χ1n) is 6.38. The molecule has 1 aromatic heterocycles. The van der Waals surface area contributed by atoms with Crippen LogP contribution in [-0.4, -0.2) is 35.1 Å². The van der Waals surface area contributed by atoms with Crippen molar-refractivity contribution in [1.82, 2.24) is 20.8 Å². The van der Waals surface area contributed by atoms with E-state index in [1.54, 1.807) is 0 Å². The Balaban J connectivity index is 2.30. The van der Waals surface area contributed by atoms with Crippen molar-refractivity contribution in [1.29, 1.82) is 0 Å². The summed E-state index contributed by atoms with van der Waals surface area (Å²) in [5, 5.41) is 12.8. The summed E-state index contributed by atoms with van der Waals surface area (Å²) in [6.07, 6.45) is 0.230. The number of hydrogen-bond acceptors (Lipinski definition) is 6. The van der Waals surface area contributed by atoms with Crippen molar-refractivity contribution < 1.29 is 9.59 Å². The van der Waals surface area contributed by atoms with E-state index in [1.165, 1.54) is 12.1 Å². The van der Waals surface area contributed by atoms with E-state index in [2.05, 4.69) is 26.3 Å². The fourth-order valence-electron chi connectivity index (χ4n) is 1.32. The molecule has 0 aliphatic heterocycles. The van der Waals surface area contributed by atoms with Gasteiger partial charge in [0.1, 0.15) is 0 Å². The molecule has 0 radical (unpaired) electrons. The number of carbonyl (C=O) groups is 2. The minimum atomic E-state index is -0.377. The maximum absolute atomic E-state index is 11.7. The van der Waals surface area contributed by atoms with Crippen LogP contribution in [0, 0.1) is 5.92 Å². The predicted molar refractivity (Wildman–Crippen MR) is 74.6 cm³/mol. The average molecular weight is 280 g/mol. The number of hydrogen-bond donors (Lipinski definition) is 4. The quantitative estimate of drug-likeness (QED) is 0.400. The summed E-state index contributed by atoms with van der Waals surface area (Å²) in [4.78, 5) is 23.1. The van der Waals surface area contributed by atoms with E-state index in [4.69, 9.17) is 5.84 Å². The molecule has 0 aromatic carbocycles. The molecular weight excluding hydrogens is 260 g/mol. The van der Waals surface area contributed by atoms with Crippen LogP contribution in [0.1, 0.15) is 30.8 Å². The van der Waals surface area contributed by atoms with Gasteiger partial charge in [-0.3, -0.25) is 9.59 Å². The second-order valence-corrected chi connectivity index (χ2v) is 4.65. The highest BCUT2D eigenvalue weighted by molar-refractivity contribution is 5.92. The predicted octanol–water partition coefficient (Wildman–Crippen LogP) is -0.346. The third-order valence-electron chi connectivity index (χ3n) is 2.39. The summed E-state index contributed by atoms with van der Waals surface area (Å²) < 4.78 is 0. The summed E-state index contributed by atoms with van der Waals surface area (Å²) in [6.45, 7) is 4.91. The van der Waals surface area contributed by atoms with Gasteiger partial charge in [-0.25, -0.2) is 5.84 Å². The maximum Gasteiger partial charge on any atom is 0.271 e. The molecule has 0 fully saturated rings. The zero-order chi connectivity index (χ0) is 15.0. The Morgan fingerprint density at radius 2 is 2.00 bits per heavy atom. The van der Waals surface area contributed by atoms with Crippen LogP contribution in [0.5, 0.6) is 0 Å². The number of carbonyl (C=O) groups excluding carboxylic acids is 2. The zero-order valence-corrected chi connectivity index (χ0v) is 11.6. The molecule has 1 rings (SSSR count). The Kier molecular flexibility index (Phi) is 6.38. The molecule has 0 aliphatic carbocycles. The van der Waals surface area contributed by atoms with Crippen LogP contribution >= 0.6 is 0 Å². The van der Waals surface area contributed by atoms with Gasteiger partial charge in [-0.05, 0) is 18.1 Å². The van der Waals surface area contributed by atoms with E-state index < -0.39 is 0 Å². The number of amides is 2.